The minimum absolute atomic E-state index is 0. The average molecular weight is 557 g/mol. The zero-order valence-electron chi connectivity index (χ0n) is 18.5. The maximum atomic E-state index is 5.53. The second-order valence-electron chi connectivity index (χ2n) is 7.27. The van der Waals surface area contributed by atoms with E-state index in [1.807, 2.05) is 30.5 Å². The molecule has 31 heavy (non-hydrogen) atoms. The van der Waals surface area contributed by atoms with E-state index in [1.165, 1.54) is 5.00 Å². The van der Waals surface area contributed by atoms with Gasteiger partial charge in [-0.3, -0.25) is 4.99 Å². The summed E-state index contributed by atoms with van der Waals surface area (Å²) >= 11 is 1.81. The molecule has 1 saturated heterocycles. The van der Waals surface area contributed by atoms with E-state index in [1.54, 1.807) is 14.2 Å². The number of anilines is 1. The van der Waals surface area contributed by atoms with Gasteiger partial charge in [-0.1, -0.05) is 6.08 Å². The van der Waals surface area contributed by atoms with E-state index < -0.39 is 0 Å². The first-order valence-corrected chi connectivity index (χ1v) is 11.2. The van der Waals surface area contributed by atoms with Gasteiger partial charge < -0.3 is 25.0 Å². The predicted molar refractivity (Wildman–Crippen MR) is 142 cm³/mol. The van der Waals surface area contributed by atoms with Crippen LogP contribution < -0.4 is 25.0 Å². The number of hydrogen-bond acceptors (Lipinski definition) is 5. The Kier molecular flexibility index (Phi) is 10.5. The summed E-state index contributed by atoms with van der Waals surface area (Å²) in [5.74, 6) is 2.32. The first kappa shape index (κ1) is 25.3. The van der Waals surface area contributed by atoms with E-state index in [-0.39, 0.29) is 24.0 Å². The lowest BCUT2D eigenvalue weighted by molar-refractivity contribution is 0.352. The Morgan fingerprint density at radius 1 is 1.29 bits per heavy atom. The molecule has 170 valence electrons. The number of thiophene rings is 1. The number of aliphatic imine (C=N–C) groups is 1. The van der Waals surface area contributed by atoms with Crippen molar-refractivity contribution in [2.24, 2.45) is 4.99 Å². The fourth-order valence-electron chi connectivity index (χ4n) is 3.78. The van der Waals surface area contributed by atoms with Gasteiger partial charge in [0, 0.05) is 38.3 Å². The van der Waals surface area contributed by atoms with Gasteiger partial charge in [0.05, 0.1) is 19.2 Å². The van der Waals surface area contributed by atoms with Crippen LogP contribution in [0.2, 0.25) is 0 Å². The molecule has 2 N–H and O–H groups in total. The second kappa shape index (κ2) is 12.8. The predicted octanol–water partition coefficient (Wildman–Crippen LogP) is 4.45. The van der Waals surface area contributed by atoms with Gasteiger partial charge in [-0.15, -0.1) is 41.9 Å². The van der Waals surface area contributed by atoms with Crippen molar-refractivity contribution in [2.45, 2.75) is 31.8 Å². The number of methoxy groups -OCH3 is 2. The maximum Gasteiger partial charge on any atom is 0.191 e. The number of ether oxygens (including phenoxy) is 2. The Hall–Kier alpha value is -1.94. The Morgan fingerprint density at radius 3 is 2.65 bits per heavy atom. The molecule has 6 nitrogen and oxygen atoms in total. The number of benzene rings is 1. The van der Waals surface area contributed by atoms with E-state index >= 15 is 0 Å². The lowest BCUT2D eigenvalue weighted by atomic mass is 10.0. The molecule has 0 unspecified atom stereocenters. The van der Waals surface area contributed by atoms with E-state index in [0.717, 1.165) is 60.9 Å². The standard InChI is InChI=1S/C23H32N4O2S.HI/c1-5-7-18-14-17(15-20(28-3)22(18)29-4)16-25-23(24-2)26-19-9-11-27(12-10-19)21-8-6-13-30-21;/h5-6,8,13-15,19H,1,7,9-12,16H2,2-4H3,(H2,24,25,26);1H. The zero-order chi connectivity index (χ0) is 21.3. The molecular formula is C23H33IN4O2S. The maximum absolute atomic E-state index is 5.53. The number of halogens is 1. The van der Waals surface area contributed by atoms with Crippen LogP contribution in [0.15, 0.2) is 47.3 Å². The molecule has 0 aliphatic carbocycles. The third-order valence-corrected chi connectivity index (χ3v) is 6.25. The molecule has 0 atom stereocenters. The summed E-state index contributed by atoms with van der Waals surface area (Å²) < 4.78 is 11.0. The lowest BCUT2D eigenvalue weighted by Gasteiger charge is -2.33. The fraction of sp³-hybridized carbons (Fsp3) is 0.435. The lowest BCUT2D eigenvalue weighted by Crippen LogP contribution is -2.48. The summed E-state index contributed by atoms with van der Waals surface area (Å²) in [4.78, 5) is 6.87. The van der Waals surface area contributed by atoms with E-state index in [0.29, 0.717) is 12.6 Å². The monoisotopic (exact) mass is 556 g/mol. The van der Waals surface area contributed by atoms with Crippen molar-refractivity contribution in [2.75, 3.05) is 39.3 Å². The second-order valence-corrected chi connectivity index (χ2v) is 8.19. The quantitative estimate of drug-likeness (QED) is 0.218. The van der Waals surface area contributed by atoms with Gasteiger partial charge in [-0.2, -0.15) is 0 Å². The summed E-state index contributed by atoms with van der Waals surface area (Å²) in [6.07, 6.45) is 4.79. The van der Waals surface area contributed by atoms with E-state index in [9.17, 15) is 0 Å². The van der Waals surface area contributed by atoms with Crippen LogP contribution in [-0.2, 0) is 13.0 Å². The molecular weight excluding hydrogens is 523 g/mol. The van der Waals surface area contributed by atoms with Crippen molar-refractivity contribution in [3.05, 3.63) is 53.4 Å². The van der Waals surface area contributed by atoms with Crippen LogP contribution >= 0.6 is 35.3 Å². The van der Waals surface area contributed by atoms with E-state index in [2.05, 4.69) is 50.7 Å². The molecule has 1 aromatic carbocycles. The summed E-state index contributed by atoms with van der Waals surface area (Å²) in [5.41, 5.74) is 2.17. The first-order valence-electron chi connectivity index (χ1n) is 10.3. The van der Waals surface area contributed by atoms with Gasteiger partial charge in [-0.05, 0) is 54.5 Å². The number of rotatable bonds is 8. The Morgan fingerprint density at radius 2 is 2.06 bits per heavy atom. The highest BCUT2D eigenvalue weighted by atomic mass is 127. The molecule has 1 aliphatic heterocycles. The SMILES string of the molecule is C=CCc1cc(CNC(=NC)NC2CCN(c3cccs3)CC2)cc(OC)c1OC.I. The molecule has 0 amide bonds. The molecule has 0 spiro atoms. The van der Waals surface area contributed by atoms with Crippen LogP contribution in [0.1, 0.15) is 24.0 Å². The summed E-state index contributed by atoms with van der Waals surface area (Å²) in [5, 5.41) is 10.5. The van der Waals surface area contributed by atoms with Gasteiger partial charge in [-0.25, -0.2) is 0 Å². The molecule has 1 aromatic heterocycles. The first-order chi connectivity index (χ1) is 14.7. The topological polar surface area (TPSA) is 58.1 Å². The van der Waals surface area contributed by atoms with Crippen molar-refractivity contribution in [3.8, 4) is 11.5 Å². The van der Waals surface area contributed by atoms with Crippen LogP contribution in [0, 0.1) is 0 Å². The highest BCUT2D eigenvalue weighted by Gasteiger charge is 2.20. The minimum atomic E-state index is 0. The molecule has 0 saturated carbocycles. The van der Waals surface area contributed by atoms with Crippen molar-refractivity contribution in [1.29, 1.82) is 0 Å². The minimum Gasteiger partial charge on any atom is -0.493 e. The van der Waals surface area contributed by atoms with Crippen molar-refractivity contribution >= 4 is 46.3 Å². The van der Waals surface area contributed by atoms with Crippen LogP contribution in [-0.4, -0.2) is 46.4 Å². The molecule has 1 fully saturated rings. The van der Waals surface area contributed by atoms with Crippen LogP contribution in [0.5, 0.6) is 11.5 Å². The molecule has 2 aromatic rings. The van der Waals surface area contributed by atoms with Gasteiger partial charge in [0.15, 0.2) is 17.5 Å². The Bertz CT molecular complexity index is 850. The molecule has 3 rings (SSSR count). The number of piperidine rings is 1. The molecule has 2 heterocycles. The van der Waals surface area contributed by atoms with Crippen molar-refractivity contribution in [3.63, 3.8) is 0 Å². The number of hydrogen-bond donors (Lipinski definition) is 2. The fourth-order valence-corrected chi connectivity index (χ4v) is 4.57. The van der Waals surface area contributed by atoms with Crippen LogP contribution in [0.3, 0.4) is 0 Å². The van der Waals surface area contributed by atoms with Gasteiger partial charge >= 0.3 is 0 Å². The number of nitrogens with one attached hydrogen (secondary N) is 2. The van der Waals surface area contributed by atoms with Crippen molar-refractivity contribution < 1.29 is 9.47 Å². The molecule has 1 aliphatic rings. The summed E-state index contributed by atoms with van der Waals surface area (Å²) in [6, 6.07) is 8.87. The molecule has 0 radical (unpaired) electrons. The highest BCUT2D eigenvalue weighted by molar-refractivity contribution is 14.0. The van der Waals surface area contributed by atoms with E-state index in [4.69, 9.17) is 9.47 Å². The largest absolute Gasteiger partial charge is 0.493 e. The molecule has 0 bridgehead atoms. The van der Waals surface area contributed by atoms with Gasteiger partial charge in [0.2, 0.25) is 0 Å². The normalized spacial score (nSPS) is 14.5. The van der Waals surface area contributed by atoms with Crippen LogP contribution in [0.4, 0.5) is 5.00 Å². The Labute approximate surface area is 206 Å². The highest BCUT2D eigenvalue weighted by Crippen LogP contribution is 2.33. The van der Waals surface area contributed by atoms with Crippen LogP contribution in [0.25, 0.3) is 0 Å². The third-order valence-electron chi connectivity index (χ3n) is 5.32. The zero-order valence-corrected chi connectivity index (χ0v) is 21.7. The summed E-state index contributed by atoms with van der Waals surface area (Å²) in [6.45, 7) is 6.63. The Balaban J connectivity index is 0.00000341. The average Bonchev–Trinajstić information content (AvgIpc) is 3.32. The number of guanidine groups is 1. The smallest absolute Gasteiger partial charge is 0.191 e. The van der Waals surface area contributed by atoms with Crippen molar-refractivity contribution in [1.82, 2.24) is 10.6 Å². The number of allylic oxidation sites excluding steroid dienone is 1. The number of nitrogens with zero attached hydrogens (tertiary/aromatic N) is 2. The molecule has 8 heteroatoms. The third kappa shape index (κ3) is 6.77. The van der Waals surface area contributed by atoms with Gasteiger partial charge in [0.1, 0.15) is 0 Å². The van der Waals surface area contributed by atoms with Gasteiger partial charge in [0.25, 0.3) is 0 Å². The summed E-state index contributed by atoms with van der Waals surface area (Å²) in [7, 11) is 5.14.